The van der Waals surface area contributed by atoms with Crippen LogP contribution >= 0.6 is 0 Å². The third kappa shape index (κ3) is 2.81. The van der Waals surface area contributed by atoms with E-state index >= 15 is 0 Å². The maximum Gasteiger partial charge on any atom is 0.433 e. The Bertz CT molecular complexity index is 866. The van der Waals surface area contributed by atoms with Crippen LogP contribution in [0.1, 0.15) is 11.4 Å². The predicted octanol–water partition coefficient (Wildman–Crippen LogP) is 3.22. The number of rotatable bonds is 1. The minimum Gasteiger partial charge on any atom is -0.281 e. The van der Waals surface area contributed by atoms with Crippen LogP contribution in [0.5, 0.6) is 0 Å². The molecule has 0 unspecified atom stereocenters. The zero-order valence-electron chi connectivity index (χ0n) is 10.9. The van der Waals surface area contributed by atoms with Gasteiger partial charge in [-0.2, -0.15) is 26.3 Å². The lowest BCUT2D eigenvalue weighted by atomic mass is 10.3. The second-order valence-corrected chi connectivity index (χ2v) is 4.39. The van der Waals surface area contributed by atoms with Gasteiger partial charge in [-0.3, -0.25) is 4.40 Å². The van der Waals surface area contributed by atoms with Crippen molar-refractivity contribution in [3.63, 3.8) is 0 Å². The fourth-order valence-corrected chi connectivity index (χ4v) is 1.83. The molecule has 0 aliphatic heterocycles. The van der Waals surface area contributed by atoms with E-state index in [1.165, 1.54) is 0 Å². The minimum atomic E-state index is -4.67. The molecule has 3 aromatic rings. The van der Waals surface area contributed by atoms with Gasteiger partial charge in [-0.1, -0.05) is 0 Å². The number of fused-ring (bicyclic) bond motifs is 1. The lowest BCUT2D eigenvalue weighted by molar-refractivity contribution is -0.141. The molecule has 120 valence electrons. The molecule has 0 spiro atoms. The first-order valence-corrected chi connectivity index (χ1v) is 5.98. The van der Waals surface area contributed by atoms with Crippen LogP contribution in [0.3, 0.4) is 0 Å². The number of imidazole rings is 1. The fraction of sp³-hybridized carbons (Fsp3) is 0.167. The molecule has 0 aliphatic carbocycles. The van der Waals surface area contributed by atoms with Crippen molar-refractivity contribution in [2.24, 2.45) is 0 Å². The molecule has 0 radical (unpaired) electrons. The van der Waals surface area contributed by atoms with E-state index in [1.807, 2.05) is 0 Å². The zero-order chi connectivity index (χ0) is 16.8. The number of aromatic nitrogens is 5. The van der Waals surface area contributed by atoms with Gasteiger partial charge in [0.15, 0.2) is 5.82 Å². The molecular weight excluding hydrogens is 328 g/mol. The average Bonchev–Trinajstić information content (AvgIpc) is 2.88. The molecule has 3 heterocycles. The molecule has 5 nitrogen and oxygen atoms in total. The molecule has 0 atom stereocenters. The molecule has 11 heteroatoms. The topological polar surface area (TPSA) is 56.0 Å². The summed E-state index contributed by atoms with van der Waals surface area (Å²) in [5.74, 6) is -0.648. The highest BCUT2D eigenvalue weighted by Crippen LogP contribution is 2.30. The quantitative estimate of drug-likeness (QED) is 0.642. The predicted molar refractivity (Wildman–Crippen MR) is 64.0 cm³/mol. The second-order valence-electron chi connectivity index (χ2n) is 4.39. The molecular formula is C12H5F6N5. The average molecular weight is 333 g/mol. The third-order valence-corrected chi connectivity index (χ3v) is 2.84. The van der Waals surface area contributed by atoms with E-state index in [1.54, 1.807) is 0 Å². The Labute approximate surface area is 123 Å². The summed E-state index contributed by atoms with van der Waals surface area (Å²) in [6, 6.07) is 1.37. The van der Waals surface area contributed by atoms with E-state index in [0.29, 0.717) is 12.1 Å². The molecule has 23 heavy (non-hydrogen) atoms. The largest absolute Gasteiger partial charge is 0.433 e. The van der Waals surface area contributed by atoms with Gasteiger partial charge in [0.05, 0.1) is 6.20 Å². The highest BCUT2D eigenvalue weighted by atomic mass is 19.4. The third-order valence-electron chi connectivity index (χ3n) is 2.84. The maximum atomic E-state index is 12.7. The summed E-state index contributed by atoms with van der Waals surface area (Å²) in [4.78, 5) is 14.0. The Morgan fingerprint density at radius 2 is 1.48 bits per heavy atom. The Balaban J connectivity index is 2.11. The van der Waals surface area contributed by atoms with E-state index in [4.69, 9.17) is 0 Å². The fourth-order valence-electron chi connectivity index (χ4n) is 1.83. The first-order chi connectivity index (χ1) is 10.7. The van der Waals surface area contributed by atoms with E-state index in [0.717, 1.165) is 23.0 Å². The van der Waals surface area contributed by atoms with Gasteiger partial charge in [-0.05, 0) is 12.1 Å². The smallest absolute Gasteiger partial charge is 0.281 e. The van der Waals surface area contributed by atoms with Crippen LogP contribution in [-0.4, -0.2) is 24.3 Å². The van der Waals surface area contributed by atoms with Crippen molar-refractivity contribution in [1.82, 2.24) is 24.3 Å². The number of alkyl halides is 6. The van der Waals surface area contributed by atoms with E-state index in [2.05, 4.69) is 19.9 Å². The van der Waals surface area contributed by atoms with Crippen molar-refractivity contribution in [1.29, 1.82) is 0 Å². The second kappa shape index (κ2) is 4.89. The van der Waals surface area contributed by atoms with E-state index < -0.39 is 23.7 Å². The minimum absolute atomic E-state index is 0.00711. The lowest BCUT2D eigenvalue weighted by Crippen LogP contribution is -2.10. The summed E-state index contributed by atoms with van der Waals surface area (Å²) in [5.41, 5.74) is -2.34. The first kappa shape index (κ1) is 15.2. The van der Waals surface area contributed by atoms with Crippen LogP contribution in [0.25, 0.3) is 17.3 Å². The molecule has 3 aromatic heterocycles. The molecule has 0 saturated heterocycles. The summed E-state index contributed by atoms with van der Waals surface area (Å²) >= 11 is 0. The highest BCUT2D eigenvalue weighted by molar-refractivity contribution is 5.54. The van der Waals surface area contributed by atoms with Crippen LogP contribution in [0.15, 0.2) is 30.7 Å². The van der Waals surface area contributed by atoms with E-state index in [-0.39, 0.29) is 17.3 Å². The van der Waals surface area contributed by atoms with Crippen molar-refractivity contribution in [3.8, 4) is 11.5 Å². The van der Waals surface area contributed by atoms with Gasteiger partial charge >= 0.3 is 12.4 Å². The van der Waals surface area contributed by atoms with Gasteiger partial charge in [0.2, 0.25) is 5.78 Å². The van der Waals surface area contributed by atoms with Gasteiger partial charge in [-0.25, -0.2) is 19.9 Å². The normalized spacial score (nSPS) is 12.8. The molecule has 0 bridgehead atoms. The van der Waals surface area contributed by atoms with Crippen LogP contribution < -0.4 is 0 Å². The van der Waals surface area contributed by atoms with Gasteiger partial charge in [0.1, 0.15) is 17.1 Å². The number of halogens is 6. The number of nitrogens with zero attached hydrogens (tertiary/aromatic N) is 5. The van der Waals surface area contributed by atoms with Crippen molar-refractivity contribution in [2.75, 3.05) is 0 Å². The van der Waals surface area contributed by atoms with Crippen LogP contribution in [-0.2, 0) is 12.4 Å². The summed E-state index contributed by atoms with van der Waals surface area (Å²) in [7, 11) is 0. The molecule has 0 saturated carbocycles. The molecule has 0 fully saturated rings. The first-order valence-electron chi connectivity index (χ1n) is 5.98. The maximum absolute atomic E-state index is 12.7. The Hall–Kier alpha value is -2.72. The van der Waals surface area contributed by atoms with Gasteiger partial charge in [-0.15, -0.1) is 0 Å². The monoisotopic (exact) mass is 333 g/mol. The van der Waals surface area contributed by atoms with Crippen LogP contribution in [0, 0.1) is 0 Å². The Morgan fingerprint density at radius 3 is 2.13 bits per heavy atom. The summed E-state index contributed by atoms with van der Waals surface area (Å²) in [6.07, 6.45) is -6.36. The zero-order valence-corrected chi connectivity index (χ0v) is 10.9. The van der Waals surface area contributed by atoms with Gasteiger partial charge < -0.3 is 0 Å². The Kier molecular flexibility index (Phi) is 3.23. The number of hydrogen-bond donors (Lipinski definition) is 0. The highest BCUT2D eigenvalue weighted by Gasteiger charge is 2.34. The SMILES string of the molecule is FC(F)(F)c1ccnc(-c2cnc3nc(C(F)(F)F)ccn23)n1. The molecule has 0 aromatic carbocycles. The number of hydrogen-bond acceptors (Lipinski definition) is 4. The van der Waals surface area contributed by atoms with E-state index in [9.17, 15) is 26.3 Å². The lowest BCUT2D eigenvalue weighted by Gasteiger charge is -2.07. The van der Waals surface area contributed by atoms with Gasteiger partial charge in [0.25, 0.3) is 0 Å². The summed E-state index contributed by atoms with van der Waals surface area (Å²) < 4.78 is 76.8. The van der Waals surface area contributed by atoms with Crippen LogP contribution in [0.2, 0.25) is 0 Å². The molecule has 0 amide bonds. The van der Waals surface area contributed by atoms with Crippen molar-refractivity contribution in [2.45, 2.75) is 12.4 Å². The molecule has 0 N–H and O–H groups in total. The van der Waals surface area contributed by atoms with Crippen LogP contribution in [0.4, 0.5) is 26.3 Å². The van der Waals surface area contributed by atoms with Gasteiger partial charge in [0, 0.05) is 12.4 Å². The molecule has 0 aliphatic rings. The Morgan fingerprint density at radius 1 is 0.826 bits per heavy atom. The van der Waals surface area contributed by atoms with Crippen molar-refractivity contribution in [3.05, 3.63) is 42.1 Å². The standard InChI is InChI=1S/C12H5F6N5/c13-11(14,15)7-1-3-19-9(21-7)6-5-20-10-22-8(12(16,17)18)2-4-23(6)10/h1-5H. The van der Waals surface area contributed by atoms with Crippen molar-refractivity contribution >= 4 is 5.78 Å². The summed E-state index contributed by atoms with van der Waals surface area (Å²) in [6.45, 7) is 0. The van der Waals surface area contributed by atoms with Crippen molar-refractivity contribution < 1.29 is 26.3 Å². The molecule has 3 rings (SSSR count). The summed E-state index contributed by atoms with van der Waals surface area (Å²) in [5, 5.41) is 0.